The van der Waals surface area contributed by atoms with Gasteiger partial charge < -0.3 is 20.4 Å². The molecule has 1 unspecified atom stereocenters. The monoisotopic (exact) mass is 355 g/mol. The summed E-state index contributed by atoms with van der Waals surface area (Å²) in [5.41, 5.74) is 6.65. The molecule has 1 aliphatic heterocycles. The summed E-state index contributed by atoms with van der Waals surface area (Å²) in [6.45, 7) is 4.67. The normalized spacial score (nSPS) is 17.6. The van der Waals surface area contributed by atoms with Gasteiger partial charge in [0, 0.05) is 19.1 Å². The summed E-state index contributed by atoms with van der Waals surface area (Å²) in [7, 11) is 0. The lowest BCUT2D eigenvalue weighted by Crippen LogP contribution is -2.55. The Morgan fingerprint density at radius 1 is 1.19 bits per heavy atom. The third-order valence-corrected chi connectivity index (χ3v) is 5.04. The Bertz CT molecular complexity index is 775. The average Bonchev–Trinajstić information content (AvgIpc) is 3.08. The SMILES string of the molecule is Cc1occc1C(=O)NC1CCN(C(=O)C(C)(N)c2ccccc2)CC1. The van der Waals surface area contributed by atoms with Gasteiger partial charge in [0.25, 0.3) is 5.91 Å². The van der Waals surface area contributed by atoms with Crippen LogP contribution in [0.3, 0.4) is 0 Å². The quantitative estimate of drug-likeness (QED) is 0.880. The number of likely N-dealkylation sites (tertiary alicyclic amines) is 1. The standard InChI is InChI=1S/C20H25N3O3/c1-14-17(10-13-26-14)18(24)22-16-8-11-23(12-9-16)19(25)20(2,21)15-6-4-3-5-7-15/h3-7,10,13,16H,8-9,11-12,21H2,1-2H3,(H,22,24). The van der Waals surface area contributed by atoms with Crippen molar-refractivity contribution >= 4 is 11.8 Å². The van der Waals surface area contributed by atoms with Gasteiger partial charge in [-0.1, -0.05) is 30.3 Å². The number of nitrogens with two attached hydrogens (primary N) is 1. The van der Waals surface area contributed by atoms with Gasteiger partial charge in [0.15, 0.2) is 0 Å². The molecule has 1 aromatic carbocycles. The molecule has 0 saturated carbocycles. The van der Waals surface area contributed by atoms with Gasteiger partial charge in [0.2, 0.25) is 5.91 Å². The molecule has 2 heterocycles. The lowest BCUT2D eigenvalue weighted by molar-refractivity contribution is -0.137. The molecule has 2 amide bonds. The van der Waals surface area contributed by atoms with E-state index in [9.17, 15) is 9.59 Å². The van der Waals surface area contributed by atoms with Crippen LogP contribution in [0, 0.1) is 6.92 Å². The number of hydrogen-bond donors (Lipinski definition) is 2. The number of rotatable bonds is 4. The zero-order valence-electron chi connectivity index (χ0n) is 15.2. The molecule has 0 aliphatic carbocycles. The zero-order chi connectivity index (χ0) is 18.7. The van der Waals surface area contributed by atoms with Crippen molar-refractivity contribution in [3.63, 3.8) is 0 Å². The maximum absolute atomic E-state index is 12.9. The van der Waals surface area contributed by atoms with E-state index in [2.05, 4.69) is 5.32 Å². The molecule has 0 radical (unpaired) electrons. The van der Waals surface area contributed by atoms with E-state index in [4.69, 9.17) is 10.2 Å². The first-order valence-corrected chi connectivity index (χ1v) is 8.88. The first-order chi connectivity index (χ1) is 12.4. The topological polar surface area (TPSA) is 88.6 Å². The Hall–Kier alpha value is -2.60. The van der Waals surface area contributed by atoms with Crippen molar-refractivity contribution < 1.29 is 14.0 Å². The highest BCUT2D eigenvalue weighted by Crippen LogP contribution is 2.23. The molecule has 6 heteroatoms. The van der Waals surface area contributed by atoms with Gasteiger partial charge in [-0.2, -0.15) is 0 Å². The van der Waals surface area contributed by atoms with Crippen LogP contribution in [0.15, 0.2) is 47.1 Å². The van der Waals surface area contributed by atoms with E-state index < -0.39 is 5.54 Å². The molecule has 1 saturated heterocycles. The Morgan fingerprint density at radius 3 is 2.42 bits per heavy atom. The first kappa shape index (κ1) is 18.2. The third kappa shape index (κ3) is 3.65. The second kappa shape index (κ2) is 7.33. The molecular weight excluding hydrogens is 330 g/mol. The van der Waals surface area contributed by atoms with Gasteiger partial charge in [0.1, 0.15) is 11.3 Å². The van der Waals surface area contributed by atoms with E-state index >= 15 is 0 Å². The van der Waals surface area contributed by atoms with E-state index in [0.29, 0.717) is 37.3 Å². The number of aryl methyl sites for hydroxylation is 1. The number of nitrogens with one attached hydrogen (secondary N) is 1. The summed E-state index contributed by atoms with van der Waals surface area (Å²) in [4.78, 5) is 27.0. The van der Waals surface area contributed by atoms with E-state index in [0.717, 1.165) is 5.56 Å². The second-order valence-electron chi connectivity index (χ2n) is 7.00. The summed E-state index contributed by atoms with van der Waals surface area (Å²) in [6.07, 6.45) is 2.93. The largest absolute Gasteiger partial charge is 0.469 e. The minimum absolute atomic E-state index is 0.0432. The number of nitrogens with zero attached hydrogens (tertiary/aromatic N) is 1. The highest BCUT2D eigenvalue weighted by atomic mass is 16.3. The summed E-state index contributed by atoms with van der Waals surface area (Å²) >= 11 is 0. The molecule has 26 heavy (non-hydrogen) atoms. The number of amides is 2. The summed E-state index contributed by atoms with van der Waals surface area (Å²) < 4.78 is 5.18. The van der Waals surface area contributed by atoms with Crippen LogP contribution in [0.5, 0.6) is 0 Å². The van der Waals surface area contributed by atoms with Crippen LogP contribution in [0.25, 0.3) is 0 Å². The summed E-state index contributed by atoms with van der Waals surface area (Å²) in [5.74, 6) is 0.394. The maximum atomic E-state index is 12.9. The van der Waals surface area contributed by atoms with Crippen LogP contribution in [0.1, 0.15) is 41.4 Å². The Balaban J connectivity index is 1.57. The van der Waals surface area contributed by atoms with Crippen molar-refractivity contribution in [3.05, 3.63) is 59.5 Å². The molecule has 138 valence electrons. The molecule has 2 aromatic rings. The Kier molecular flexibility index (Phi) is 5.13. The van der Waals surface area contributed by atoms with Crippen LogP contribution in [0.4, 0.5) is 0 Å². The van der Waals surface area contributed by atoms with Crippen molar-refractivity contribution in [2.75, 3.05) is 13.1 Å². The second-order valence-corrected chi connectivity index (χ2v) is 7.00. The number of carbonyl (C=O) groups excluding carboxylic acids is 2. The van der Waals surface area contributed by atoms with Gasteiger partial charge in [-0.05, 0) is 38.3 Å². The van der Waals surface area contributed by atoms with Crippen molar-refractivity contribution in [3.8, 4) is 0 Å². The first-order valence-electron chi connectivity index (χ1n) is 8.88. The Labute approximate surface area is 153 Å². The van der Waals surface area contributed by atoms with Crippen LogP contribution in [-0.2, 0) is 10.3 Å². The minimum atomic E-state index is -1.05. The number of benzene rings is 1. The van der Waals surface area contributed by atoms with E-state index in [-0.39, 0.29) is 17.9 Å². The molecule has 1 atom stereocenters. The molecule has 6 nitrogen and oxygen atoms in total. The predicted molar refractivity (Wildman–Crippen MR) is 98.5 cm³/mol. The fraction of sp³-hybridized carbons (Fsp3) is 0.400. The zero-order valence-corrected chi connectivity index (χ0v) is 15.2. The van der Waals surface area contributed by atoms with Crippen molar-refractivity contribution in [2.24, 2.45) is 5.73 Å². The smallest absolute Gasteiger partial charge is 0.255 e. The highest BCUT2D eigenvalue weighted by molar-refractivity contribution is 5.95. The lowest BCUT2D eigenvalue weighted by atomic mass is 9.90. The van der Waals surface area contributed by atoms with Gasteiger partial charge in [-0.3, -0.25) is 9.59 Å². The van der Waals surface area contributed by atoms with Crippen LogP contribution in [0.2, 0.25) is 0 Å². The molecular formula is C20H25N3O3. The predicted octanol–water partition coefficient (Wildman–Crippen LogP) is 2.18. The molecule has 1 aromatic heterocycles. The number of furan rings is 1. The van der Waals surface area contributed by atoms with Gasteiger partial charge >= 0.3 is 0 Å². The minimum Gasteiger partial charge on any atom is -0.469 e. The van der Waals surface area contributed by atoms with E-state index in [1.807, 2.05) is 30.3 Å². The van der Waals surface area contributed by atoms with Crippen LogP contribution >= 0.6 is 0 Å². The van der Waals surface area contributed by atoms with Gasteiger partial charge in [-0.25, -0.2) is 0 Å². The van der Waals surface area contributed by atoms with Crippen molar-refractivity contribution in [1.82, 2.24) is 10.2 Å². The average molecular weight is 355 g/mol. The summed E-state index contributed by atoms with van der Waals surface area (Å²) in [6, 6.07) is 11.1. The van der Waals surface area contributed by atoms with Gasteiger partial charge in [0.05, 0.1) is 11.8 Å². The van der Waals surface area contributed by atoms with Crippen LogP contribution in [-0.4, -0.2) is 35.8 Å². The summed E-state index contributed by atoms with van der Waals surface area (Å²) in [5, 5.41) is 3.02. The Morgan fingerprint density at radius 2 is 1.85 bits per heavy atom. The van der Waals surface area contributed by atoms with Gasteiger partial charge in [-0.15, -0.1) is 0 Å². The molecule has 3 N–H and O–H groups in total. The molecule has 3 rings (SSSR count). The van der Waals surface area contributed by atoms with Crippen molar-refractivity contribution in [2.45, 2.75) is 38.3 Å². The molecule has 0 spiro atoms. The highest BCUT2D eigenvalue weighted by Gasteiger charge is 2.36. The molecule has 1 aliphatic rings. The number of carbonyl (C=O) groups is 2. The molecule has 0 bridgehead atoms. The number of hydrogen-bond acceptors (Lipinski definition) is 4. The van der Waals surface area contributed by atoms with Crippen LogP contribution < -0.4 is 11.1 Å². The van der Waals surface area contributed by atoms with Crippen molar-refractivity contribution in [1.29, 1.82) is 0 Å². The maximum Gasteiger partial charge on any atom is 0.255 e. The van der Waals surface area contributed by atoms with E-state index in [1.165, 1.54) is 6.26 Å². The fourth-order valence-corrected chi connectivity index (χ4v) is 3.35. The lowest BCUT2D eigenvalue weighted by Gasteiger charge is -2.37. The molecule has 1 fully saturated rings. The number of piperidine rings is 1. The fourth-order valence-electron chi connectivity index (χ4n) is 3.35. The third-order valence-electron chi connectivity index (χ3n) is 5.04. The van der Waals surface area contributed by atoms with E-state index in [1.54, 1.807) is 24.8 Å².